The molecule has 0 aromatic carbocycles. The molecule has 1 atom stereocenters. The second-order valence-electron chi connectivity index (χ2n) is 3.54. The predicted octanol–water partition coefficient (Wildman–Crippen LogP) is 1.38. The molecule has 0 aliphatic carbocycles. The fourth-order valence-corrected chi connectivity index (χ4v) is 1.64. The van der Waals surface area contributed by atoms with Gasteiger partial charge in [0.25, 0.3) is 0 Å². The first kappa shape index (κ1) is 9.40. The molecule has 14 heavy (non-hydrogen) atoms. The Morgan fingerprint density at radius 3 is 3.14 bits per heavy atom. The van der Waals surface area contributed by atoms with E-state index in [0.717, 1.165) is 18.9 Å². The lowest BCUT2D eigenvalue weighted by Crippen LogP contribution is -2.29. The first-order chi connectivity index (χ1) is 6.84. The van der Waals surface area contributed by atoms with Crippen molar-refractivity contribution < 1.29 is 4.39 Å². The SMILES string of the molecule is Fc1ccc(NCC2CCCN2)nc1. The van der Waals surface area contributed by atoms with Crippen LogP contribution in [-0.2, 0) is 0 Å². The zero-order valence-corrected chi connectivity index (χ0v) is 7.96. The summed E-state index contributed by atoms with van der Waals surface area (Å²) >= 11 is 0. The Morgan fingerprint density at radius 1 is 1.57 bits per heavy atom. The Labute approximate surface area is 82.7 Å². The normalized spacial score (nSPS) is 21.1. The maximum Gasteiger partial charge on any atom is 0.141 e. The third-order valence-corrected chi connectivity index (χ3v) is 2.42. The lowest BCUT2D eigenvalue weighted by molar-refractivity contribution is 0.619. The summed E-state index contributed by atoms with van der Waals surface area (Å²) in [5.41, 5.74) is 0. The first-order valence-corrected chi connectivity index (χ1v) is 4.93. The monoisotopic (exact) mass is 195 g/mol. The molecule has 1 fully saturated rings. The molecule has 0 bridgehead atoms. The molecule has 1 aliphatic heterocycles. The van der Waals surface area contributed by atoms with Gasteiger partial charge >= 0.3 is 0 Å². The summed E-state index contributed by atoms with van der Waals surface area (Å²) in [7, 11) is 0. The number of hydrogen-bond acceptors (Lipinski definition) is 3. The van der Waals surface area contributed by atoms with Crippen LogP contribution in [-0.4, -0.2) is 24.1 Å². The van der Waals surface area contributed by atoms with Crippen LogP contribution >= 0.6 is 0 Å². The molecule has 76 valence electrons. The smallest absolute Gasteiger partial charge is 0.141 e. The van der Waals surface area contributed by atoms with Crippen molar-refractivity contribution in [2.75, 3.05) is 18.4 Å². The summed E-state index contributed by atoms with van der Waals surface area (Å²) in [5.74, 6) is 0.439. The summed E-state index contributed by atoms with van der Waals surface area (Å²) in [4.78, 5) is 3.93. The number of aromatic nitrogens is 1. The van der Waals surface area contributed by atoms with E-state index in [4.69, 9.17) is 0 Å². The van der Waals surface area contributed by atoms with E-state index in [1.807, 2.05) is 0 Å². The Morgan fingerprint density at radius 2 is 2.50 bits per heavy atom. The number of nitrogens with one attached hydrogen (secondary N) is 2. The van der Waals surface area contributed by atoms with Crippen molar-refractivity contribution >= 4 is 5.82 Å². The molecule has 0 spiro atoms. The lowest BCUT2D eigenvalue weighted by atomic mass is 10.2. The Kier molecular flexibility index (Phi) is 2.93. The Hall–Kier alpha value is -1.16. The van der Waals surface area contributed by atoms with Crippen LogP contribution in [0.2, 0.25) is 0 Å². The third-order valence-electron chi connectivity index (χ3n) is 2.42. The Bertz CT molecular complexity index is 280. The van der Waals surface area contributed by atoms with Gasteiger partial charge in [0.15, 0.2) is 0 Å². The van der Waals surface area contributed by atoms with Crippen LogP contribution in [0.3, 0.4) is 0 Å². The van der Waals surface area contributed by atoms with E-state index in [1.54, 1.807) is 6.07 Å². The van der Waals surface area contributed by atoms with Gasteiger partial charge in [-0.25, -0.2) is 9.37 Å². The molecular formula is C10H14FN3. The number of hydrogen-bond donors (Lipinski definition) is 2. The van der Waals surface area contributed by atoms with Crippen LogP contribution in [0.5, 0.6) is 0 Å². The predicted molar refractivity (Wildman–Crippen MR) is 53.7 cm³/mol. The third kappa shape index (κ3) is 2.42. The standard InChI is InChI=1S/C10H14FN3/c11-8-3-4-10(13-6-8)14-7-9-2-1-5-12-9/h3-4,6,9,12H,1-2,5,7H2,(H,13,14). The van der Waals surface area contributed by atoms with Gasteiger partial charge in [-0.05, 0) is 31.5 Å². The number of rotatable bonds is 3. The summed E-state index contributed by atoms with van der Waals surface area (Å²) in [6.07, 6.45) is 3.67. The average Bonchev–Trinajstić information content (AvgIpc) is 2.70. The van der Waals surface area contributed by atoms with E-state index >= 15 is 0 Å². The van der Waals surface area contributed by atoms with Crippen molar-refractivity contribution in [3.05, 3.63) is 24.1 Å². The van der Waals surface area contributed by atoms with E-state index in [0.29, 0.717) is 6.04 Å². The molecule has 2 N–H and O–H groups in total. The fraction of sp³-hybridized carbons (Fsp3) is 0.500. The van der Waals surface area contributed by atoms with Gasteiger partial charge in [-0.15, -0.1) is 0 Å². The minimum absolute atomic E-state index is 0.297. The quantitative estimate of drug-likeness (QED) is 0.765. The second-order valence-corrected chi connectivity index (χ2v) is 3.54. The molecule has 1 aliphatic rings. The highest BCUT2D eigenvalue weighted by atomic mass is 19.1. The molecule has 4 heteroatoms. The van der Waals surface area contributed by atoms with Crippen molar-refractivity contribution in [1.29, 1.82) is 0 Å². The molecule has 0 amide bonds. The fourth-order valence-electron chi connectivity index (χ4n) is 1.64. The lowest BCUT2D eigenvalue weighted by Gasteiger charge is -2.11. The van der Waals surface area contributed by atoms with Crippen molar-refractivity contribution in [3.63, 3.8) is 0 Å². The number of nitrogens with zero attached hydrogens (tertiary/aromatic N) is 1. The van der Waals surface area contributed by atoms with Gasteiger partial charge in [-0.1, -0.05) is 0 Å². The number of anilines is 1. The number of halogens is 1. The van der Waals surface area contributed by atoms with Crippen LogP contribution in [0.1, 0.15) is 12.8 Å². The molecule has 0 radical (unpaired) electrons. The number of pyridine rings is 1. The maximum atomic E-state index is 12.5. The van der Waals surface area contributed by atoms with E-state index in [9.17, 15) is 4.39 Å². The summed E-state index contributed by atoms with van der Waals surface area (Å²) in [5, 5.41) is 6.55. The van der Waals surface area contributed by atoms with Crippen molar-refractivity contribution in [2.24, 2.45) is 0 Å². The minimum atomic E-state index is -0.297. The van der Waals surface area contributed by atoms with Gasteiger partial charge < -0.3 is 10.6 Å². The van der Waals surface area contributed by atoms with Gasteiger partial charge in [0, 0.05) is 12.6 Å². The van der Waals surface area contributed by atoms with Gasteiger partial charge in [-0.3, -0.25) is 0 Å². The topological polar surface area (TPSA) is 37.0 Å². The van der Waals surface area contributed by atoms with E-state index in [2.05, 4.69) is 15.6 Å². The minimum Gasteiger partial charge on any atom is -0.369 e. The zero-order chi connectivity index (χ0) is 9.80. The summed E-state index contributed by atoms with van der Waals surface area (Å²) < 4.78 is 12.5. The van der Waals surface area contributed by atoms with Crippen LogP contribution in [0.4, 0.5) is 10.2 Å². The Balaban J connectivity index is 1.82. The summed E-state index contributed by atoms with van der Waals surface area (Å²) in [6.45, 7) is 1.96. The van der Waals surface area contributed by atoms with Crippen LogP contribution in [0.15, 0.2) is 18.3 Å². The zero-order valence-electron chi connectivity index (χ0n) is 7.96. The molecule has 1 unspecified atom stereocenters. The highest BCUT2D eigenvalue weighted by Crippen LogP contribution is 2.07. The van der Waals surface area contributed by atoms with Crippen LogP contribution in [0, 0.1) is 5.82 Å². The van der Waals surface area contributed by atoms with E-state index in [-0.39, 0.29) is 5.82 Å². The first-order valence-electron chi connectivity index (χ1n) is 4.93. The molecular weight excluding hydrogens is 181 g/mol. The largest absolute Gasteiger partial charge is 0.369 e. The van der Waals surface area contributed by atoms with Crippen molar-refractivity contribution in [2.45, 2.75) is 18.9 Å². The van der Waals surface area contributed by atoms with Gasteiger partial charge in [0.05, 0.1) is 6.20 Å². The molecule has 1 saturated heterocycles. The molecule has 1 aromatic heterocycles. The van der Waals surface area contributed by atoms with Crippen LogP contribution < -0.4 is 10.6 Å². The van der Waals surface area contributed by atoms with Gasteiger partial charge in [-0.2, -0.15) is 0 Å². The highest BCUT2D eigenvalue weighted by Gasteiger charge is 2.13. The van der Waals surface area contributed by atoms with Gasteiger partial charge in [0.1, 0.15) is 11.6 Å². The molecule has 0 saturated carbocycles. The van der Waals surface area contributed by atoms with Crippen molar-refractivity contribution in [1.82, 2.24) is 10.3 Å². The molecule has 2 heterocycles. The molecule has 3 nitrogen and oxygen atoms in total. The van der Waals surface area contributed by atoms with Crippen LogP contribution in [0.25, 0.3) is 0 Å². The molecule has 1 aromatic rings. The van der Waals surface area contributed by atoms with E-state index < -0.39 is 0 Å². The van der Waals surface area contributed by atoms with Crippen molar-refractivity contribution in [3.8, 4) is 0 Å². The van der Waals surface area contributed by atoms with E-state index in [1.165, 1.54) is 25.1 Å². The highest BCUT2D eigenvalue weighted by molar-refractivity contribution is 5.33. The maximum absolute atomic E-state index is 12.5. The summed E-state index contributed by atoms with van der Waals surface area (Å²) in [6, 6.07) is 3.60. The second kappa shape index (κ2) is 4.37. The average molecular weight is 195 g/mol. The molecule has 2 rings (SSSR count). The van der Waals surface area contributed by atoms with Gasteiger partial charge in [0.2, 0.25) is 0 Å².